The standard InChI is InChI=1S/C36H38FN5O7/c1-19-13-26-30(39-18-27(32(26)43)35(46)47)16-25(19)22-7-3-20(4-8-22)14-31(41-33(44)23-9-5-21(17-38)6-10-23)34(45)40-24-11-12-29(28(37)15-24)42-36(48)49-2/h3-4,7-8,11-13,15-16,18,21,23,31H,5-6,9-10,14,17,38H2,1-2H3,(H,39,43)(H,40,45)(H,41,44)(H,42,48)(H,46,47)/t21-,23-,31-/m0/s1. The summed E-state index contributed by atoms with van der Waals surface area (Å²) in [5, 5.41) is 17.4. The number of carboxylic acids is 1. The molecule has 0 spiro atoms. The highest BCUT2D eigenvalue weighted by atomic mass is 19.1. The van der Waals surface area contributed by atoms with E-state index in [-0.39, 0.29) is 40.6 Å². The summed E-state index contributed by atoms with van der Waals surface area (Å²) >= 11 is 0. The largest absolute Gasteiger partial charge is 0.477 e. The van der Waals surface area contributed by atoms with Crippen LogP contribution in [0.2, 0.25) is 0 Å². The third-order valence-electron chi connectivity index (χ3n) is 9.00. The highest BCUT2D eigenvalue weighted by Crippen LogP contribution is 2.30. The topological polar surface area (TPSA) is 193 Å². The number of aromatic amines is 1. The molecule has 256 valence electrons. The minimum atomic E-state index is -1.30. The SMILES string of the molecule is COC(=O)Nc1ccc(NC(=O)[C@H](Cc2ccc(-c3cc4[nH]cc(C(=O)O)c(=O)c4cc3C)cc2)NC(=O)[C@H]2CC[C@H](CN)CC2)cc1F. The number of rotatable bonds is 10. The zero-order valence-electron chi connectivity index (χ0n) is 27.1. The number of amides is 3. The molecule has 1 aliphatic rings. The maximum Gasteiger partial charge on any atom is 0.411 e. The average molecular weight is 672 g/mol. The molecule has 12 nitrogen and oxygen atoms in total. The quantitative estimate of drug-likeness (QED) is 0.136. The lowest BCUT2D eigenvalue weighted by Gasteiger charge is -2.28. The first-order chi connectivity index (χ1) is 23.5. The van der Waals surface area contributed by atoms with Gasteiger partial charge < -0.3 is 31.2 Å². The van der Waals surface area contributed by atoms with Gasteiger partial charge in [0.1, 0.15) is 17.4 Å². The summed E-state index contributed by atoms with van der Waals surface area (Å²) in [5.41, 5.74) is 8.57. The molecule has 3 amide bonds. The van der Waals surface area contributed by atoms with Crippen LogP contribution >= 0.6 is 0 Å². The zero-order valence-corrected chi connectivity index (χ0v) is 27.1. The number of carboxylic acid groups (broad SMARTS) is 1. The first-order valence-electron chi connectivity index (χ1n) is 15.9. The molecule has 1 aliphatic carbocycles. The van der Waals surface area contributed by atoms with E-state index in [9.17, 15) is 33.5 Å². The lowest BCUT2D eigenvalue weighted by molar-refractivity contribution is -0.130. The molecule has 5 rings (SSSR count). The van der Waals surface area contributed by atoms with Gasteiger partial charge in [-0.2, -0.15) is 0 Å². The molecule has 7 N–H and O–H groups in total. The molecular formula is C36H38FN5O7. The van der Waals surface area contributed by atoms with Crippen LogP contribution in [0.15, 0.2) is 65.6 Å². The fourth-order valence-corrected chi connectivity index (χ4v) is 6.15. The summed E-state index contributed by atoms with van der Waals surface area (Å²) in [5.74, 6) is -2.75. The van der Waals surface area contributed by atoms with Gasteiger partial charge in [0.15, 0.2) is 0 Å². The Balaban J connectivity index is 1.36. The zero-order chi connectivity index (χ0) is 35.2. The van der Waals surface area contributed by atoms with E-state index in [4.69, 9.17) is 5.73 Å². The van der Waals surface area contributed by atoms with E-state index in [0.29, 0.717) is 30.8 Å². The third kappa shape index (κ3) is 8.12. The molecule has 0 saturated heterocycles. The van der Waals surface area contributed by atoms with E-state index in [1.54, 1.807) is 12.1 Å². The van der Waals surface area contributed by atoms with E-state index >= 15 is 0 Å². The number of carbonyl (C=O) groups is 4. The second-order valence-electron chi connectivity index (χ2n) is 12.3. The monoisotopic (exact) mass is 671 g/mol. The van der Waals surface area contributed by atoms with Gasteiger partial charge in [0.05, 0.1) is 12.8 Å². The number of benzene rings is 3. The van der Waals surface area contributed by atoms with Crippen molar-refractivity contribution in [2.75, 3.05) is 24.3 Å². The van der Waals surface area contributed by atoms with E-state index in [0.717, 1.165) is 48.3 Å². The van der Waals surface area contributed by atoms with Crippen molar-refractivity contribution < 1.29 is 33.4 Å². The number of halogens is 1. The highest BCUT2D eigenvalue weighted by Gasteiger charge is 2.29. The number of aromatic carboxylic acids is 1. The van der Waals surface area contributed by atoms with Gasteiger partial charge in [-0.1, -0.05) is 24.3 Å². The minimum Gasteiger partial charge on any atom is -0.477 e. The number of hydrogen-bond acceptors (Lipinski definition) is 7. The van der Waals surface area contributed by atoms with E-state index in [1.165, 1.54) is 18.3 Å². The van der Waals surface area contributed by atoms with Crippen molar-refractivity contribution in [3.8, 4) is 11.1 Å². The Hall–Kier alpha value is -5.56. The Bertz CT molecular complexity index is 1950. The molecule has 13 heteroatoms. The van der Waals surface area contributed by atoms with Crippen LogP contribution in [0.25, 0.3) is 22.0 Å². The first kappa shape index (κ1) is 34.8. The van der Waals surface area contributed by atoms with Crippen molar-refractivity contribution >= 4 is 46.2 Å². The molecule has 1 atom stereocenters. The van der Waals surface area contributed by atoms with Crippen LogP contribution in [0.3, 0.4) is 0 Å². The summed E-state index contributed by atoms with van der Waals surface area (Å²) in [6.07, 6.45) is 3.49. The van der Waals surface area contributed by atoms with Crippen molar-refractivity contribution in [3.63, 3.8) is 0 Å². The molecule has 1 aromatic heterocycles. The second-order valence-corrected chi connectivity index (χ2v) is 12.3. The second kappa shape index (κ2) is 15.1. The predicted molar refractivity (Wildman–Crippen MR) is 183 cm³/mol. The predicted octanol–water partition coefficient (Wildman–Crippen LogP) is 4.95. The molecule has 49 heavy (non-hydrogen) atoms. The van der Waals surface area contributed by atoms with Gasteiger partial charge in [0.2, 0.25) is 17.2 Å². The molecule has 1 fully saturated rings. The number of aromatic nitrogens is 1. The van der Waals surface area contributed by atoms with Crippen LogP contribution in [0.4, 0.5) is 20.6 Å². The lowest BCUT2D eigenvalue weighted by Crippen LogP contribution is -2.48. The van der Waals surface area contributed by atoms with Gasteiger partial charge in [0, 0.05) is 35.1 Å². The van der Waals surface area contributed by atoms with E-state index in [1.807, 2.05) is 31.2 Å². The van der Waals surface area contributed by atoms with Crippen LogP contribution in [0.5, 0.6) is 0 Å². The van der Waals surface area contributed by atoms with Crippen LogP contribution in [0, 0.1) is 24.6 Å². The van der Waals surface area contributed by atoms with Gasteiger partial charge in [0.25, 0.3) is 0 Å². The smallest absolute Gasteiger partial charge is 0.411 e. The van der Waals surface area contributed by atoms with Crippen molar-refractivity contribution in [3.05, 3.63) is 93.5 Å². The Kier molecular flexibility index (Phi) is 10.7. The molecular weight excluding hydrogens is 633 g/mol. The van der Waals surface area contributed by atoms with Crippen LogP contribution in [-0.4, -0.2) is 53.7 Å². The van der Waals surface area contributed by atoms with Gasteiger partial charge in [-0.05, 0) is 97.7 Å². The number of fused-ring (bicyclic) bond motifs is 1. The van der Waals surface area contributed by atoms with Crippen molar-refractivity contribution in [2.45, 2.75) is 45.1 Å². The molecule has 1 heterocycles. The number of ether oxygens (including phenoxy) is 1. The molecule has 4 aromatic rings. The maximum absolute atomic E-state index is 14.7. The van der Waals surface area contributed by atoms with Gasteiger partial charge >= 0.3 is 12.1 Å². The van der Waals surface area contributed by atoms with Crippen LogP contribution in [-0.2, 0) is 20.7 Å². The number of anilines is 2. The normalized spacial score (nSPS) is 16.4. The van der Waals surface area contributed by atoms with Crippen molar-refractivity contribution in [2.24, 2.45) is 17.6 Å². The summed E-state index contributed by atoms with van der Waals surface area (Å²) in [4.78, 5) is 65.4. The maximum atomic E-state index is 14.7. The number of H-pyrrole nitrogens is 1. The Morgan fingerprint density at radius 2 is 1.73 bits per heavy atom. The lowest BCUT2D eigenvalue weighted by atomic mass is 9.81. The van der Waals surface area contributed by atoms with Gasteiger partial charge in [-0.3, -0.25) is 19.7 Å². The van der Waals surface area contributed by atoms with Crippen LogP contribution in [0.1, 0.15) is 47.2 Å². The summed E-state index contributed by atoms with van der Waals surface area (Å²) < 4.78 is 19.2. The Morgan fingerprint density at radius 1 is 1.02 bits per heavy atom. The van der Waals surface area contributed by atoms with Gasteiger partial charge in [-0.15, -0.1) is 0 Å². The number of pyridine rings is 1. The van der Waals surface area contributed by atoms with Crippen LogP contribution < -0.4 is 27.1 Å². The fraction of sp³-hybridized carbons (Fsp3) is 0.306. The van der Waals surface area contributed by atoms with E-state index < -0.39 is 35.3 Å². The van der Waals surface area contributed by atoms with E-state index in [2.05, 4.69) is 25.7 Å². The minimum absolute atomic E-state index is 0.124. The van der Waals surface area contributed by atoms with Gasteiger partial charge in [-0.25, -0.2) is 14.0 Å². The number of hydrogen-bond donors (Lipinski definition) is 6. The fourth-order valence-electron chi connectivity index (χ4n) is 6.15. The molecule has 0 bridgehead atoms. The summed E-state index contributed by atoms with van der Waals surface area (Å²) in [6, 6.07) is 13.6. The number of carbonyl (C=O) groups excluding carboxylic acids is 3. The number of methoxy groups -OCH3 is 1. The number of aryl methyl sites for hydroxylation is 1. The summed E-state index contributed by atoms with van der Waals surface area (Å²) in [7, 11) is 1.15. The number of nitrogens with one attached hydrogen (secondary N) is 4. The first-order valence-corrected chi connectivity index (χ1v) is 15.9. The Morgan fingerprint density at radius 3 is 2.37 bits per heavy atom. The molecule has 1 saturated carbocycles. The van der Waals surface area contributed by atoms with Crippen molar-refractivity contribution in [1.29, 1.82) is 0 Å². The molecule has 0 aliphatic heterocycles. The third-order valence-corrected chi connectivity index (χ3v) is 9.00. The Labute approximate surface area is 281 Å². The average Bonchev–Trinajstić information content (AvgIpc) is 3.09. The molecule has 0 radical (unpaired) electrons. The highest BCUT2D eigenvalue weighted by molar-refractivity contribution is 5.98. The number of nitrogens with two attached hydrogens (primary N) is 1. The summed E-state index contributed by atoms with van der Waals surface area (Å²) in [6.45, 7) is 2.40. The van der Waals surface area contributed by atoms with Crippen molar-refractivity contribution in [1.82, 2.24) is 10.3 Å². The molecule has 3 aromatic carbocycles. The molecule has 0 unspecified atom stereocenters.